The Balaban J connectivity index is 3.00. The zero-order valence-electron chi connectivity index (χ0n) is 7.15. The topological polar surface area (TPSA) is 13.1 Å². The van der Waals surface area contributed by atoms with E-state index in [1.54, 1.807) is 0 Å². The van der Waals surface area contributed by atoms with Crippen molar-refractivity contribution in [1.29, 1.82) is 0 Å². The molecule has 0 unspecified atom stereocenters. The highest BCUT2D eigenvalue weighted by Crippen LogP contribution is 2.22. The number of rotatable bonds is 2. The Morgan fingerprint density at radius 1 is 1.55 bits per heavy atom. The summed E-state index contributed by atoms with van der Waals surface area (Å²) >= 11 is 0. The van der Waals surface area contributed by atoms with Gasteiger partial charge in [-0.1, -0.05) is 20.8 Å². The Morgan fingerprint density at radius 3 is 2.45 bits per heavy atom. The largest absolute Gasteiger partial charge is 0.466 e. The summed E-state index contributed by atoms with van der Waals surface area (Å²) < 4.78 is 18.3. The second-order valence-electron chi connectivity index (χ2n) is 2.95. The molecular weight excluding hydrogens is 143 g/mol. The maximum atomic E-state index is 13.2. The number of hydrogen-bond donors (Lipinski definition) is 0. The zero-order chi connectivity index (χ0) is 8.43. The van der Waals surface area contributed by atoms with Crippen LogP contribution in [0.5, 0.6) is 0 Å². The molecule has 0 spiro atoms. The van der Waals surface area contributed by atoms with Crippen molar-refractivity contribution in [1.82, 2.24) is 0 Å². The van der Waals surface area contributed by atoms with Gasteiger partial charge in [-0.3, -0.25) is 0 Å². The Bertz CT molecular complexity index is 238. The summed E-state index contributed by atoms with van der Waals surface area (Å²) in [6.45, 7) is 5.75. The summed E-state index contributed by atoms with van der Waals surface area (Å²) in [4.78, 5) is 0. The minimum absolute atomic E-state index is 0.135. The van der Waals surface area contributed by atoms with E-state index in [1.807, 2.05) is 20.8 Å². The third-order valence-corrected chi connectivity index (χ3v) is 1.73. The Kier molecular flexibility index (Phi) is 2.32. The van der Waals surface area contributed by atoms with E-state index >= 15 is 0 Å². The summed E-state index contributed by atoms with van der Waals surface area (Å²) in [6.07, 6.45) is 2.20. The maximum absolute atomic E-state index is 13.2. The van der Waals surface area contributed by atoms with E-state index in [4.69, 9.17) is 4.42 Å². The molecule has 62 valence electrons. The van der Waals surface area contributed by atoms with Crippen LogP contribution in [0.25, 0.3) is 0 Å². The van der Waals surface area contributed by atoms with Crippen molar-refractivity contribution in [2.75, 3.05) is 0 Å². The first kappa shape index (κ1) is 8.31. The van der Waals surface area contributed by atoms with Crippen LogP contribution in [-0.2, 0) is 6.42 Å². The normalized spacial score (nSPS) is 11.0. The Labute approximate surface area is 66.2 Å². The fourth-order valence-electron chi connectivity index (χ4n) is 1.02. The van der Waals surface area contributed by atoms with Crippen molar-refractivity contribution < 1.29 is 8.81 Å². The van der Waals surface area contributed by atoms with Crippen molar-refractivity contribution >= 4 is 0 Å². The van der Waals surface area contributed by atoms with Crippen LogP contribution in [0.2, 0.25) is 0 Å². The minimum Gasteiger partial charge on any atom is -0.466 e. The summed E-state index contributed by atoms with van der Waals surface area (Å²) in [5.74, 6) is 0.444. The highest BCUT2D eigenvalue weighted by Gasteiger charge is 2.14. The van der Waals surface area contributed by atoms with Gasteiger partial charge >= 0.3 is 0 Å². The van der Waals surface area contributed by atoms with Gasteiger partial charge in [0.05, 0.1) is 6.26 Å². The van der Waals surface area contributed by atoms with E-state index < -0.39 is 0 Å². The molecule has 0 saturated heterocycles. The highest BCUT2D eigenvalue weighted by atomic mass is 19.1. The van der Waals surface area contributed by atoms with Gasteiger partial charge in [0.1, 0.15) is 5.76 Å². The van der Waals surface area contributed by atoms with Crippen molar-refractivity contribution in [3.63, 3.8) is 0 Å². The summed E-state index contributed by atoms with van der Waals surface area (Å²) in [5, 5.41) is 0. The first-order valence-electron chi connectivity index (χ1n) is 3.92. The molecule has 11 heavy (non-hydrogen) atoms. The molecule has 1 rings (SSSR count). The molecule has 0 aliphatic heterocycles. The van der Waals surface area contributed by atoms with Crippen LogP contribution in [0.4, 0.5) is 4.39 Å². The van der Waals surface area contributed by atoms with Crippen LogP contribution in [0.15, 0.2) is 10.7 Å². The minimum atomic E-state index is -0.164. The summed E-state index contributed by atoms with van der Waals surface area (Å²) in [6, 6.07) is 0. The van der Waals surface area contributed by atoms with E-state index in [1.165, 1.54) is 6.26 Å². The van der Waals surface area contributed by atoms with Gasteiger partial charge in [0.25, 0.3) is 0 Å². The molecule has 1 aromatic heterocycles. The van der Waals surface area contributed by atoms with Crippen LogP contribution < -0.4 is 0 Å². The molecule has 0 aromatic carbocycles. The Morgan fingerprint density at radius 2 is 2.18 bits per heavy atom. The second kappa shape index (κ2) is 3.07. The third-order valence-electron chi connectivity index (χ3n) is 1.73. The quantitative estimate of drug-likeness (QED) is 0.641. The van der Waals surface area contributed by atoms with Gasteiger partial charge in [-0.25, -0.2) is 4.39 Å². The van der Waals surface area contributed by atoms with E-state index in [9.17, 15) is 4.39 Å². The first-order valence-corrected chi connectivity index (χ1v) is 3.92. The van der Waals surface area contributed by atoms with Crippen LogP contribution in [0.1, 0.15) is 38.0 Å². The van der Waals surface area contributed by atoms with Gasteiger partial charge in [-0.15, -0.1) is 0 Å². The van der Waals surface area contributed by atoms with Gasteiger partial charge in [0, 0.05) is 11.5 Å². The molecule has 2 heteroatoms. The van der Waals surface area contributed by atoms with Crippen LogP contribution in [-0.4, -0.2) is 0 Å². The zero-order valence-corrected chi connectivity index (χ0v) is 7.15. The van der Waals surface area contributed by atoms with Gasteiger partial charge in [0.2, 0.25) is 0 Å². The molecule has 0 radical (unpaired) electrons. The lowest BCUT2D eigenvalue weighted by molar-refractivity contribution is 0.452. The highest BCUT2D eigenvalue weighted by molar-refractivity contribution is 5.18. The van der Waals surface area contributed by atoms with E-state index in [2.05, 4.69) is 0 Å². The number of furan rings is 1. The third kappa shape index (κ3) is 1.44. The first-order chi connectivity index (χ1) is 5.16. The van der Waals surface area contributed by atoms with Gasteiger partial charge in [0.15, 0.2) is 5.82 Å². The molecule has 1 heterocycles. The molecular formula is C9H13FO. The van der Waals surface area contributed by atoms with Crippen molar-refractivity contribution in [2.45, 2.75) is 33.1 Å². The van der Waals surface area contributed by atoms with Gasteiger partial charge in [-0.05, 0) is 6.42 Å². The molecule has 0 aliphatic carbocycles. The fraction of sp³-hybridized carbons (Fsp3) is 0.556. The maximum Gasteiger partial charge on any atom is 0.167 e. The molecule has 0 amide bonds. The van der Waals surface area contributed by atoms with Gasteiger partial charge < -0.3 is 4.42 Å². The monoisotopic (exact) mass is 156 g/mol. The number of halogens is 1. The van der Waals surface area contributed by atoms with Crippen molar-refractivity contribution in [2.24, 2.45) is 0 Å². The van der Waals surface area contributed by atoms with Crippen molar-refractivity contribution in [3.8, 4) is 0 Å². The lowest BCUT2D eigenvalue weighted by atomic mass is 10.1. The predicted molar refractivity (Wildman–Crippen MR) is 42.1 cm³/mol. The number of hydrogen-bond acceptors (Lipinski definition) is 1. The van der Waals surface area contributed by atoms with E-state index in [-0.39, 0.29) is 11.7 Å². The molecule has 0 fully saturated rings. The van der Waals surface area contributed by atoms with Crippen LogP contribution in [0, 0.1) is 5.82 Å². The average molecular weight is 156 g/mol. The molecule has 0 bridgehead atoms. The van der Waals surface area contributed by atoms with Crippen molar-refractivity contribution in [3.05, 3.63) is 23.4 Å². The van der Waals surface area contributed by atoms with Crippen LogP contribution >= 0.6 is 0 Å². The standard InChI is InChI=1S/C9H13FO/c1-4-7-5-11-9(6(2)3)8(7)10/h5-6H,4H2,1-3H3. The van der Waals surface area contributed by atoms with Gasteiger partial charge in [-0.2, -0.15) is 0 Å². The summed E-state index contributed by atoms with van der Waals surface area (Å²) in [7, 11) is 0. The smallest absolute Gasteiger partial charge is 0.167 e. The molecule has 0 N–H and O–H groups in total. The van der Waals surface area contributed by atoms with Crippen LogP contribution in [0.3, 0.4) is 0 Å². The molecule has 0 atom stereocenters. The molecule has 0 aliphatic rings. The number of aryl methyl sites for hydroxylation is 1. The van der Waals surface area contributed by atoms with E-state index in [0.717, 1.165) is 0 Å². The summed E-state index contributed by atoms with van der Waals surface area (Å²) in [5.41, 5.74) is 0.675. The Hall–Kier alpha value is -0.790. The SMILES string of the molecule is CCc1coc(C(C)C)c1F. The molecule has 1 aromatic rings. The molecule has 1 nitrogen and oxygen atoms in total. The molecule has 0 saturated carbocycles. The average Bonchev–Trinajstić information content (AvgIpc) is 2.30. The second-order valence-corrected chi connectivity index (χ2v) is 2.95. The lowest BCUT2D eigenvalue weighted by Gasteiger charge is -1.98. The lowest BCUT2D eigenvalue weighted by Crippen LogP contribution is -1.89. The van der Waals surface area contributed by atoms with E-state index in [0.29, 0.717) is 17.7 Å². The fourth-order valence-corrected chi connectivity index (χ4v) is 1.02. The predicted octanol–water partition coefficient (Wildman–Crippen LogP) is 3.10.